The molecule has 0 aromatic heterocycles. The van der Waals surface area contributed by atoms with Gasteiger partial charge in [0.05, 0.1) is 22.3 Å². The van der Waals surface area contributed by atoms with Crippen LogP contribution in [-0.2, 0) is 0 Å². The van der Waals surface area contributed by atoms with Crippen LogP contribution in [0.3, 0.4) is 0 Å². The lowest BCUT2D eigenvalue weighted by Gasteiger charge is -2.14. The monoisotopic (exact) mass is 303 g/mol. The van der Waals surface area contributed by atoms with Crippen LogP contribution < -0.4 is 0 Å². The van der Waals surface area contributed by atoms with Gasteiger partial charge in [-0.25, -0.2) is 0 Å². The van der Waals surface area contributed by atoms with E-state index in [0.717, 1.165) is 0 Å². The van der Waals surface area contributed by atoms with Crippen molar-refractivity contribution in [1.29, 1.82) is 0 Å². The Morgan fingerprint density at radius 2 is 1.89 bits per heavy atom. The smallest absolute Gasteiger partial charge is 0.165 e. The van der Waals surface area contributed by atoms with Gasteiger partial charge in [-0.05, 0) is 12.1 Å². The Hall–Kier alpha value is -0.650. The lowest BCUT2D eigenvalue weighted by Crippen LogP contribution is -2.25. The van der Waals surface area contributed by atoms with Gasteiger partial charge in [-0.15, -0.1) is 0 Å². The summed E-state index contributed by atoms with van der Waals surface area (Å²) in [6, 6.07) is 4.96. The molecule has 1 aliphatic rings. The molecule has 2 atom stereocenters. The molecule has 0 amide bonds. The first kappa shape index (κ1) is 14.8. The minimum atomic E-state index is -0.732. The minimum Gasteiger partial charge on any atom is -0.389 e. The highest BCUT2D eigenvalue weighted by atomic mass is 35.5. The summed E-state index contributed by atoms with van der Waals surface area (Å²) < 4.78 is 0. The first-order chi connectivity index (χ1) is 8.99. The van der Waals surface area contributed by atoms with Crippen molar-refractivity contribution in [3.63, 3.8) is 0 Å². The van der Waals surface area contributed by atoms with Gasteiger partial charge < -0.3 is 10.2 Å². The van der Waals surface area contributed by atoms with Crippen molar-refractivity contribution < 1.29 is 15.0 Å². The maximum atomic E-state index is 12.0. The molecule has 1 aromatic rings. The topological polar surface area (TPSA) is 60.8 Å². The molecule has 0 spiro atoms. The van der Waals surface area contributed by atoms with Gasteiger partial charge >= 0.3 is 0 Å². The summed E-state index contributed by atoms with van der Waals surface area (Å²) >= 11 is 11.8. The van der Waals surface area contributed by atoms with Crippen LogP contribution in [0.4, 0.5) is 0 Å². The van der Waals surface area contributed by atoms with Gasteiger partial charge in [0.1, 0.15) is 0 Å². The fraction of sp³-hybridized carbons (Fsp3) is 0.462. The number of β-amino-alcohol motifs (C(OH)–C–C–N with tert-alkyl or cyclic N) is 2. The normalized spacial score (nSPS) is 23.8. The summed E-state index contributed by atoms with van der Waals surface area (Å²) in [5, 5.41) is 19.5. The van der Waals surface area contributed by atoms with E-state index in [-0.39, 0.29) is 17.2 Å². The van der Waals surface area contributed by atoms with Gasteiger partial charge in [-0.2, -0.15) is 0 Å². The Labute approximate surface area is 121 Å². The largest absolute Gasteiger partial charge is 0.389 e. The SMILES string of the molecule is O=C(CCN1CC(O)C(O)C1)c1cccc(Cl)c1Cl. The Bertz CT molecular complexity index is 471. The standard InChI is InChI=1S/C13H15Cl2NO3/c14-9-3-1-2-8(13(9)15)10(17)4-5-16-6-11(18)12(19)7-16/h1-3,11-12,18-19H,4-7H2. The number of benzene rings is 1. The Morgan fingerprint density at radius 1 is 1.26 bits per heavy atom. The predicted octanol–water partition coefficient (Wildman–Crippen LogP) is 1.60. The van der Waals surface area contributed by atoms with E-state index in [9.17, 15) is 15.0 Å². The number of carbonyl (C=O) groups is 1. The van der Waals surface area contributed by atoms with Crippen molar-refractivity contribution in [3.8, 4) is 0 Å². The Kier molecular flexibility index (Phi) is 4.81. The molecule has 0 aliphatic carbocycles. The summed E-state index contributed by atoms with van der Waals surface area (Å²) in [5.74, 6) is -0.0941. The zero-order valence-electron chi connectivity index (χ0n) is 10.2. The number of hydrogen-bond acceptors (Lipinski definition) is 4. The highest BCUT2D eigenvalue weighted by Crippen LogP contribution is 2.26. The second-order valence-electron chi connectivity index (χ2n) is 4.67. The third-order valence-corrected chi connectivity index (χ3v) is 4.06. The van der Waals surface area contributed by atoms with Crippen molar-refractivity contribution in [2.45, 2.75) is 18.6 Å². The molecular weight excluding hydrogens is 289 g/mol. The van der Waals surface area contributed by atoms with Gasteiger partial charge in [0.2, 0.25) is 0 Å². The number of ketones is 1. The highest BCUT2D eigenvalue weighted by Gasteiger charge is 2.29. The summed E-state index contributed by atoms with van der Waals surface area (Å²) in [4.78, 5) is 13.9. The molecule has 1 fully saturated rings. The molecule has 0 bridgehead atoms. The number of aliphatic hydroxyl groups is 2. The molecule has 1 aliphatic heterocycles. The van der Waals surface area contributed by atoms with Crippen LogP contribution in [0.15, 0.2) is 18.2 Å². The van der Waals surface area contributed by atoms with Crippen LogP contribution in [0.1, 0.15) is 16.8 Å². The van der Waals surface area contributed by atoms with Gasteiger partial charge in [0.25, 0.3) is 0 Å². The van der Waals surface area contributed by atoms with Gasteiger partial charge in [-0.1, -0.05) is 29.3 Å². The van der Waals surface area contributed by atoms with Gasteiger partial charge in [-0.3, -0.25) is 9.69 Å². The molecule has 1 saturated heterocycles. The van der Waals surface area contributed by atoms with Crippen LogP contribution in [0, 0.1) is 0 Å². The number of Topliss-reactive ketones (excluding diaryl/α,β-unsaturated/α-hetero) is 1. The van der Waals surface area contributed by atoms with Crippen LogP contribution in [-0.4, -0.2) is 52.7 Å². The van der Waals surface area contributed by atoms with Crippen LogP contribution in [0.2, 0.25) is 10.0 Å². The highest BCUT2D eigenvalue weighted by molar-refractivity contribution is 6.43. The average Bonchev–Trinajstić information content (AvgIpc) is 2.69. The van der Waals surface area contributed by atoms with E-state index in [4.69, 9.17) is 23.2 Å². The molecule has 0 saturated carbocycles. The maximum absolute atomic E-state index is 12.0. The van der Waals surface area contributed by atoms with E-state index in [0.29, 0.717) is 30.2 Å². The van der Waals surface area contributed by atoms with E-state index >= 15 is 0 Å². The first-order valence-corrected chi connectivity index (χ1v) is 6.80. The Morgan fingerprint density at radius 3 is 2.53 bits per heavy atom. The minimum absolute atomic E-state index is 0.0941. The van der Waals surface area contributed by atoms with Gasteiger partial charge in [0, 0.05) is 31.6 Å². The molecule has 1 heterocycles. The lowest BCUT2D eigenvalue weighted by molar-refractivity contribution is 0.0572. The second kappa shape index (κ2) is 6.20. The summed E-state index contributed by atoms with van der Waals surface area (Å²) in [5.41, 5.74) is 0.412. The van der Waals surface area contributed by atoms with E-state index in [2.05, 4.69) is 0 Å². The van der Waals surface area contributed by atoms with Crippen LogP contribution in [0.5, 0.6) is 0 Å². The lowest BCUT2D eigenvalue weighted by atomic mass is 10.1. The molecule has 0 radical (unpaired) electrons. The first-order valence-electron chi connectivity index (χ1n) is 6.04. The van der Waals surface area contributed by atoms with Crippen molar-refractivity contribution in [1.82, 2.24) is 4.90 Å². The quantitative estimate of drug-likeness (QED) is 0.830. The van der Waals surface area contributed by atoms with Crippen molar-refractivity contribution in [3.05, 3.63) is 33.8 Å². The Balaban J connectivity index is 1.93. The number of hydrogen-bond donors (Lipinski definition) is 2. The number of aliphatic hydroxyl groups excluding tert-OH is 2. The number of nitrogens with zero attached hydrogens (tertiary/aromatic N) is 1. The average molecular weight is 304 g/mol. The number of halogens is 2. The molecule has 1 aromatic carbocycles. The zero-order valence-corrected chi connectivity index (χ0v) is 11.7. The molecule has 19 heavy (non-hydrogen) atoms. The molecular formula is C13H15Cl2NO3. The summed E-state index contributed by atoms with van der Waals surface area (Å²) in [6.07, 6.45) is -1.19. The van der Waals surface area contributed by atoms with E-state index < -0.39 is 12.2 Å². The summed E-state index contributed by atoms with van der Waals surface area (Å²) in [7, 11) is 0. The van der Waals surface area contributed by atoms with Crippen molar-refractivity contribution >= 4 is 29.0 Å². The van der Waals surface area contributed by atoms with E-state index in [1.54, 1.807) is 18.2 Å². The third kappa shape index (κ3) is 3.46. The van der Waals surface area contributed by atoms with Crippen LogP contribution >= 0.6 is 23.2 Å². The predicted molar refractivity (Wildman–Crippen MR) is 73.9 cm³/mol. The van der Waals surface area contributed by atoms with Crippen molar-refractivity contribution in [2.75, 3.05) is 19.6 Å². The molecule has 104 valence electrons. The molecule has 2 rings (SSSR count). The number of likely N-dealkylation sites (tertiary alicyclic amines) is 1. The third-order valence-electron chi connectivity index (χ3n) is 3.24. The van der Waals surface area contributed by atoms with Gasteiger partial charge in [0.15, 0.2) is 5.78 Å². The molecule has 4 nitrogen and oxygen atoms in total. The van der Waals surface area contributed by atoms with Crippen molar-refractivity contribution in [2.24, 2.45) is 0 Å². The summed E-state index contributed by atoms with van der Waals surface area (Å²) in [6.45, 7) is 1.26. The van der Waals surface area contributed by atoms with E-state index in [1.807, 2.05) is 4.90 Å². The fourth-order valence-electron chi connectivity index (χ4n) is 2.14. The molecule has 2 N–H and O–H groups in total. The molecule has 6 heteroatoms. The molecule has 2 unspecified atom stereocenters. The second-order valence-corrected chi connectivity index (χ2v) is 5.45. The maximum Gasteiger partial charge on any atom is 0.165 e. The zero-order chi connectivity index (χ0) is 14.0. The van der Waals surface area contributed by atoms with E-state index in [1.165, 1.54) is 0 Å². The van der Waals surface area contributed by atoms with Crippen LogP contribution in [0.25, 0.3) is 0 Å². The number of carbonyl (C=O) groups excluding carboxylic acids is 1. The number of rotatable bonds is 4. The fourth-order valence-corrected chi connectivity index (χ4v) is 2.55.